The van der Waals surface area contributed by atoms with Crippen molar-refractivity contribution >= 4 is 5.82 Å². The molecular weight excluding hydrogens is 298 g/mol. The third-order valence-corrected chi connectivity index (χ3v) is 4.57. The molecule has 4 rings (SSSR count). The van der Waals surface area contributed by atoms with Crippen molar-refractivity contribution in [1.82, 2.24) is 20.2 Å². The standard InChI is InChI=1S/C19H21N5/c1-2-6-15(7-3-1)14-18-20-11-10-19(22-18)24-13-5-4-8-17(24)16-9-12-21-23-16/h1-3,6-7,9-12,17H,4-5,8,13-14H2,(H,21,23)/t17-/m0/s1. The number of anilines is 1. The highest BCUT2D eigenvalue weighted by molar-refractivity contribution is 5.41. The molecule has 1 aromatic carbocycles. The van der Waals surface area contributed by atoms with Crippen LogP contribution in [0.5, 0.6) is 0 Å². The van der Waals surface area contributed by atoms with Crippen molar-refractivity contribution in [3.8, 4) is 0 Å². The van der Waals surface area contributed by atoms with Crippen LogP contribution in [0, 0.1) is 0 Å². The van der Waals surface area contributed by atoms with Crippen LogP contribution in [0.1, 0.15) is 42.4 Å². The molecule has 0 spiro atoms. The average molecular weight is 319 g/mol. The van der Waals surface area contributed by atoms with Crippen LogP contribution in [0.2, 0.25) is 0 Å². The van der Waals surface area contributed by atoms with E-state index >= 15 is 0 Å². The van der Waals surface area contributed by atoms with Crippen molar-refractivity contribution < 1.29 is 0 Å². The fourth-order valence-electron chi connectivity index (χ4n) is 3.39. The predicted molar refractivity (Wildman–Crippen MR) is 93.8 cm³/mol. The minimum atomic E-state index is 0.320. The normalized spacial score (nSPS) is 17.8. The first-order valence-corrected chi connectivity index (χ1v) is 8.52. The number of nitrogens with zero attached hydrogens (tertiary/aromatic N) is 4. The highest BCUT2D eigenvalue weighted by Gasteiger charge is 2.26. The molecule has 0 unspecified atom stereocenters. The van der Waals surface area contributed by atoms with Crippen LogP contribution < -0.4 is 4.90 Å². The van der Waals surface area contributed by atoms with E-state index in [1.807, 2.05) is 24.5 Å². The van der Waals surface area contributed by atoms with Crippen LogP contribution in [-0.2, 0) is 6.42 Å². The SMILES string of the molecule is c1ccc(Cc2nccc(N3CCCC[C@H]3c3ccn[nH]3)n2)cc1. The van der Waals surface area contributed by atoms with Gasteiger partial charge in [0.05, 0.1) is 11.7 Å². The van der Waals surface area contributed by atoms with Gasteiger partial charge in [0.25, 0.3) is 0 Å². The van der Waals surface area contributed by atoms with Gasteiger partial charge in [-0.2, -0.15) is 5.10 Å². The first kappa shape index (κ1) is 14.9. The lowest BCUT2D eigenvalue weighted by Crippen LogP contribution is -2.34. The molecule has 2 aromatic heterocycles. The average Bonchev–Trinajstić information content (AvgIpc) is 3.17. The zero-order valence-corrected chi connectivity index (χ0v) is 13.6. The van der Waals surface area contributed by atoms with Crippen LogP contribution in [0.4, 0.5) is 5.82 Å². The number of benzene rings is 1. The summed E-state index contributed by atoms with van der Waals surface area (Å²) >= 11 is 0. The van der Waals surface area contributed by atoms with E-state index in [9.17, 15) is 0 Å². The van der Waals surface area contributed by atoms with Crippen molar-refractivity contribution in [2.75, 3.05) is 11.4 Å². The Labute approximate surface area is 141 Å². The molecule has 1 aliphatic rings. The molecule has 1 N–H and O–H groups in total. The van der Waals surface area contributed by atoms with Gasteiger partial charge in [-0.05, 0) is 37.0 Å². The Morgan fingerprint density at radius 3 is 2.79 bits per heavy atom. The number of aromatic amines is 1. The fraction of sp³-hybridized carbons (Fsp3) is 0.316. The smallest absolute Gasteiger partial charge is 0.135 e. The number of aromatic nitrogens is 4. The molecule has 5 nitrogen and oxygen atoms in total. The summed E-state index contributed by atoms with van der Waals surface area (Å²) in [6.45, 7) is 1.02. The lowest BCUT2D eigenvalue weighted by Gasteiger charge is -2.36. The minimum absolute atomic E-state index is 0.320. The first-order chi connectivity index (χ1) is 11.9. The van der Waals surface area contributed by atoms with Crippen molar-refractivity contribution in [3.63, 3.8) is 0 Å². The Morgan fingerprint density at radius 2 is 1.96 bits per heavy atom. The van der Waals surface area contributed by atoms with E-state index in [4.69, 9.17) is 4.98 Å². The van der Waals surface area contributed by atoms with Gasteiger partial charge in [0.2, 0.25) is 0 Å². The summed E-state index contributed by atoms with van der Waals surface area (Å²) in [6, 6.07) is 14.8. The summed E-state index contributed by atoms with van der Waals surface area (Å²) in [4.78, 5) is 11.7. The molecule has 3 aromatic rings. The Hall–Kier alpha value is -2.69. The van der Waals surface area contributed by atoms with Gasteiger partial charge in [-0.3, -0.25) is 5.10 Å². The van der Waals surface area contributed by atoms with Gasteiger partial charge in [0.15, 0.2) is 0 Å². The summed E-state index contributed by atoms with van der Waals surface area (Å²) in [7, 11) is 0. The summed E-state index contributed by atoms with van der Waals surface area (Å²) in [5.41, 5.74) is 2.40. The van der Waals surface area contributed by atoms with Gasteiger partial charge in [0.1, 0.15) is 11.6 Å². The van der Waals surface area contributed by atoms with Crippen molar-refractivity contribution in [2.24, 2.45) is 0 Å². The van der Waals surface area contributed by atoms with E-state index in [1.54, 1.807) is 0 Å². The minimum Gasteiger partial charge on any atom is -0.348 e. The van der Waals surface area contributed by atoms with E-state index < -0.39 is 0 Å². The van der Waals surface area contributed by atoms with Crippen LogP contribution in [0.3, 0.4) is 0 Å². The van der Waals surface area contributed by atoms with E-state index in [0.29, 0.717) is 6.04 Å². The van der Waals surface area contributed by atoms with Crippen molar-refractivity contribution in [2.45, 2.75) is 31.7 Å². The number of hydrogen-bond acceptors (Lipinski definition) is 4. The Kier molecular flexibility index (Phi) is 4.23. The molecule has 5 heteroatoms. The summed E-state index contributed by atoms with van der Waals surface area (Å²) in [5.74, 6) is 1.88. The highest BCUT2D eigenvalue weighted by Crippen LogP contribution is 2.32. The second kappa shape index (κ2) is 6.83. The first-order valence-electron chi connectivity index (χ1n) is 8.52. The lowest BCUT2D eigenvalue weighted by molar-refractivity contribution is 0.460. The van der Waals surface area contributed by atoms with Crippen LogP contribution in [0.15, 0.2) is 54.9 Å². The Balaban J connectivity index is 1.59. The van der Waals surface area contributed by atoms with Gasteiger partial charge in [0, 0.05) is 25.4 Å². The van der Waals surface area contributed by atoms with Crippen LogP contribution in [-0.4, -0.2) is 26.7 Å². The number of H-pyrrole nitrogens is 1. The van der Waals surface area contributed by atoms with Gasteiger partial charge >= 0.3 is 0 Å². The fourth-order valence-corrected chi connectivity index (χ4v) is 3.39. The Morgan fingerprint density at radius 1 is 1.04 bits per heavy atom. The highest BCUT2D eigenvalue weighted by atomic mass is 15.2. The molecule has 1 aliphatic heterocycles. The molecule has 0 amide bonds. The zero-order valence-electron chi connectivity index (χ0n) is 13.6. The maximum atomic E-state index is 4.83. The van der Waals surface area contributed by atoms with E-state index in [2.05, 4.69) is 50.4 Å². The summed E-state index contributed by atoms with van der Waals surface area (Å²) in [6.07, 6.45) is 8.02. The topological polar surface area (TPSA) is 57.7 Å². The second-order valence-corrected chi connectivity index (χ2v) is 6.21. The van der Waals surface area contributed by atoms with E-state index in [0.717, 1.165) is 36.7 Å². The molecular formula is C19H21N5. The van der Waals surface area contributed by atoms with Gasteiger partial charge in [-0.15, -0.1) is 0 Å². The quantitative estimate of drug-likeness (QED) is 0.799. The largest absolute Gasteiger partial charge is 0.348 e. The molecule has 1 fully saturated rings. The third-order valence-electron chi connectivity index (χ3n) is 4.57. The predicted octanol–water partition coefficient (Wildman–Crippen LogP) is 3.52. The maximum Gasteiger partial charge on any atom is 0.135 e. The Bertz CT molecular complexity index is 769. The number of rotatable bonds is 4. The summed E-state index contributed by atoms with van der Waals surface area (Å²) in [5, 5.41) is 7.24. The van der Waals surface area contributed by atoms with Crippen LogP contribution >= 0.6 is 0 Å². The van der Waals surface area contributed by atoms with E-state index in [-0.39, 0.29) is 0 Å². The van der Waals surface area contributed by atoms with Crippen molar-refractivity contribution in [3.05, 3.63) is 71.9 Å². The molecule has 0 bridgehead atoms. The molecule has 0 saturated carbocycles. The lowest BCUT2D eigenvalue weighted by atomic mass is 9.99. The van der Waals surface area contributed by atoms with Gasteiger partial charge < -0.3 is 4.90 Å². The third kappa shape index (κ3) is 3.15. The summed E-state index contributed by atoms with van der Waals surface area (Å²) < 4.78 is 0. The molecule has 1 saturated heterocycles. The zero-order chi connectivity index (χ0) is 16.2. The van der Waals surface area contributed by atoms with Gasteiger partial charge in [-0.1, -0.05) is 30.3 Å². The molecule has 3 heterocycles. The number of nitrogens with one attached hydrogen (secondary N) is 1. The molecule has 122 valence electrons. The van der Waals surface area contributed by atoms with Crippen LogP contribution in [0.25, 0.3) is 0 Å². The molecule has 0 radical (unpaired) electrons. The number of piperidine rings is 1. The number of hydrogen-bond donors (Lipinski definition) is 1. The van der Waals surface area contributed by atoms with Gasteiger partial charge in [-0.25, -0.2) is 9.97 Å². The monoisotopic (exact) mass is 319 g/mol. The van der Waals surface area contributed by atoms with E-state index in [1.165, 1.54) is 18.4 Å². The molecule has 24 heavy (non-hydrogen) atoms. The second-order valence-electron chi connectivity index (χ2n) is 6.21. The van der Waals surface area contributed by atoms with Crippen molar-refractivity contribution in [1.29, 1.82) is 0 Å². The maximum absolute atomic E-state index is 4.83. The molecule has 0 aliphatic carbocycles. The molecule has 1 atom stereocenters.